The molecular formula is C28H33N2OP. The molecule has 0 aliphatic carbocycles. The number of anilines is 1. The van der Waals surface area contributed by atoms with E-state index in [-0.39, 0.29) is 11.5 Å². The zero-order valence-corrected chi connectivity index (χ0v) is 20.6. The molecule has 0 radical (unpaired) electrons. The van der Waals surface area contributed by atoms with E-state index in [4.69, 9.17) is 9.52 Å². The van der Waals surface area contributed by atoms with Crippen LogP contribution in [-0.4, -0.2) is 24.0 Å². The zero-order chi connectivity index (χ0) is 22.8. The van der Waals surface area contributed by atoms with Gasteiger partial charge in [0, 0.05) is 22.8 Å². The van der Waals surface area contributed by atoms with Gasteiger partial charge in [-0.25, -0.2) is 0 Å². The molecule has 166 valence electrons. The summed E-state index contributed by atoms with van der Waals surface area (Å²) in [4.78, 5) is 7.60. The molecule has 3 nitrogen and oxygen atoms in total. The summed E-state index contributed by atoms with van der Waals surface area (Å²) in [5.41, 5.74) is 0.681. The van der Waals surface area contributed by atoms with Crippen LogP contribution >= 0.6 is 8.15 Å². The highest BCUT2D eigenvalue weighted by atomic mass is 31.1. The quantitative estimate of drug-likeness (QED) is 0.425. The van der Waals surface area contributed by atoms with Gasteiger partial charge in [-0.2, -0.15) is 0 Å². The number of benzene rings is 3. The molecule has 0 saturated carbocycles. The van der Waals surface area contributed by atoms with E-state index < -0.39 is 13.7 Å². The summed E-state index contributed by atoms with van der Waals surface area (Å²) in [5, 5.41) is 2.41. The van der Waals surface area contributed by atoms with E-state index in [1.54, 1.807) is 0 Å². The van der Waals surface area contributed by atoms with Crippen molar-refractivity contribution in [2.45, 2.75) is 46.3 Å². The Morgan fingerprint density at radius 3 is 1.69 bits per heavy atom. The van der Waals surface area contributed by atoms with Gasteiger partial charge in [-0.1, -0.05) is 99.6 Å². The van der Waals surface area contributed by atoms with Gasteiger partial charge in [0.05, 0.1) is 14.2 Å². The normalized spacial score (nSPS) is 17.0. The van der Waals surface area contributed by atoms with Gasteiger partial charge in [0.25, 0.3) is 0 Å². The van der Waals surface area contributed by atoms with Crippen LogP contribution in [0.1, 0.15) is 34.6 Å². The van der Waals surface area contributed by atoms with Crippen LogP contribution in [0.4, 0.5) is 5.69 Å². The van der Waals surface area contributed by atoms with Crippen LogP contribution < -0.4 is 15.5 Å². The van der Waals surface area contributed by atoms with Crippen LogP contribution in [0.15, 0.2) is 96.0 Å². The van der Waals surface area contributed by atoms with Crippen LogP contribution in [0.2, 0.25) is 0 Å². The molecule has 3 aromatic rings. The second-order valence-corrected chi connectivity index (χ2v) is 11.7. The van der Waals surface area contributed by atoms with Gasteiger partial charge in [0.2, 0.25) is 0 Å². The van der Waals surface area contributed by atoms with Crippen LogP contribution in [0.25, 0.3) is 0 Å². The molecule has 0 bridgehead atoms. The monoisotopic (exact) mass is 444 g/mol. The third-order valence-electron chi connectivity index (χ3n) is 5.80. The van der Waals surface area contributed by atoms with Gasteiger partial charge in [-0.05, 0) is 31.4 Å². The molecule has 4 heteroatoms. The maximum atomic E-state index is 7.00. The van der Waals surface area contributed by atoms with Crippen LogP contribution in [0.3, 0.4) is 0 Å². The summed E-state index contributed by atoms with van der Waals surface area (Å²) >= 11 is 0. The Hall–Kier alpha value is -2.48. The average Bonchev–Trinajstić information content (AvgIpc) is 3.27. The minimum Gasteiger partial charge on any atom is -0.336 e. The molecule has 4 rings (SSSR count). The second kappa shape index (κ2) is 9.17. The third kappa shape index (κ3) is 4.95. The first kappa shape index (κ1) is 22.7. The molecule has 0 spiro atoms. The molecule has 0 saturated heterocycles. The average molecular weight is 445 g/mol. The van der Waals surface area contributed by atoms with Gasteiger partial charge < -0.3 is 9.42 Å². The standard InChI is InChI=1S/C28H33N2OP/c1-27(2,3)25-21-30(22-15-9-6-10-16-22)26(29-25)28(4,5)31-32(23-17-11-7-12-18-23)24-19-13-8-14-20-24/h6-20,25H,21H2,1-5H3/t25-/m1/s1. The number of hydrogen-bond acceptors (Lipinski definition) is 3. The van der Waals surface area contributed by atoms with Crippen molar-refractivity contribution < 1.29 is 4.52 Å². The molecule has 0 amide bonds. The maximum absolute atomic E-state index is 7.00. The Labute approximate surface area is 194 Å². The third-order valence-corrected chi connectivity index (χ3v) is 7.97. The van der Waals surface area contributed by atoms with Gasteiger partial charge >= 0.3 is 0 Å². The smallest absolute Gasteiger partial charge is 0.136 e. The van der Waals surface area contributed by atoms with Gasteiger partial charge in [-0.15, -0.1) is 0 Å². The van der Waals surface area contributed by atoms with Crippen LogP contribution in [0, 0.1) is 5.41 Å². The summed E-state index contributed by atoms with van der Waals surface area (Å²) in [6.07, 6.45) is 0. The lowest BCUT2D eigenvalue weighted by Gasteiger charge is -2.35. The molecule has 1 atom stereocenters. The number of hydrogen-bond donors (Lipinski definition) is 0. The second-order valence-electron chi connectivity index (χ2n) is 9.85. The van der Waals surface area contributed by atoms with Crippen molar-refractivity contribution in [3.8, 4) is 0 Å². The highest BCUT2D eigenvalue weighted by molar-refractivity contribution is 7.68. The number of para-hydroxylation sites is 1. The Kier molecular flexibility index (Phi) is 6.51. The zero-order valence-electron chi connectivity index (χ0n) is 19.7. The SMILES string of the molecule is CC(C)(OP(c1ccccc1)c1ccccc1)C1=N[C@@H](C(C)(C)C)CN1c1ccccc1. The molecule has 32 heavy (non-hydrogen) atoms. The Morgan fingerprint density at radius 2 is 1.22 bits per heavy atom. The summed E-state index contributed by atoms with van der Waals surface area (Å²) < 4.78 is 7.00. The van der Waals surface area contributed by atoms with E-state index in [1.807, 2.05) is 0 Å². The molecule has 3 aromatic carbocycles. The Bertz CT molecular complexity index is 1000. The van der Waals surface area contributed by atoms with Crippen molar-refractivity contribution in [3.05, 3.63) is 91.0 Å². The van der Waals surface area contributed by atoms with Crippen molar-refractivity contribution in [1.82, 2.24) is 0 Å². The van der Waals surface area contributed by atoms with E-state index in [0.717, 1.165) is 12.4 Å². The first-order valence-electron chi connectivity index (χ1n) is 11.3. The van der Waals surface area contributed by atoms with Crippen molar-refractivity contribution in [2.75, 3.05) is 11.4 Å². The molecule has 0 fully saturated rings. The number of rotatable bonds is 6. The molecule has 0 unspecified atom stereocenters. The number of aliphatic imine (C=N–C) groups is 1. The highest BCUT2D eigenvalue weighted by Gasteiger charge is 2.42. The Balaban J connectivity index is 1.73. The fraction of sp³-hybridized carbons (Fsp3) is 0.321. The van der Waals surface area contributed by atoms with Crippen LogP contribution in [0.5, 0.6) is 0 Å². The fourth-order valence-electron chi connectivity index (χ4n) is 3.95. The van der Waals surface area contributed by atoms with Crippen molar-refractivity contribution in [2.24, 2.45) is 10.4 Å². The van der Waals surface area contributed by atoms with E-state index >= 15 is 0 Å². The van der Waals surface area contributed by atoms with E-state index in [1.165, 1.54) is 16.3 Å². The maximum Gasteiger partial charge on any atom is 0.136 e. The van der Waals surface area contributed by atoms with Crippen molar-refractivity contribution in [3.63, 3.8) is 0 Å². The molecule has 0 aromatic heterocycles. The number of amidine groups is 1. The topological polar surface area (TPSA) is 24.8 Å². The lowest BCUT2D eigenvalue weighted by molar-refractivity contribution is 0.210. The summed E-state index contributed by atoms with van der Waals surface area (Å²) in [5.74, 6) is 1.00. The van der Waals surface area contributed by atoms with Gasteiger partial charge in [0.1, 0.15) is 11.4 Å². The van der Waals surface area contributed by atoms with Crippen molar-refractivity contribution in [1.29, 1.82) is 0 Å². The highest BCUT2D eigenvalue weighted by Crippen LogP contribution is 2.43. The van der Waals surface area contributed by atoms with E-state index in [2.05, 4.69) is 131 Å². The molecule has 1 aliphatic rings. The van der Waals surface area contributed by atoms with E-state index in [9.17, 15) is 0 Å². The summed E-state index contributed by atoms with van der Waals surface area (Å²) in [6, 6.07) is 31.9. The largest absolute Gasteiger partial charge is 0.336 e. The minimum atomic E-state index is -0.993. The van der Waals surface area contributed by atoms with E-state index in [0.29, 0.717) is 0 Å². The van der Waals surface area contributed by atoms with Gasteiger partial charge in [0.15, 0.2) is 0 Å². The van der Waals surface area contributed by atoms with Crippen LogP contribution in [-0.2, 0) is 4.52 Å². The predicted molar refractivity (Wildman–Crippen MR) is 139 cm³/mol. The predicted octanol–water partition coefficient (Wildman–Crippen LogP) is 6.16. The lowest BCUT2D eigenvalue weighted by atomic mass is 9.87. The summed E-state index contributed by atoms with van der Waals surface area (Å²) in [6.45, 7) is 12.0. The minimum absolute atomic E-state index is 0.0778. The molecule has 1 heterocycles. The lowest BCUT2D eigenvalue weighted by Crippen LogP contribution is -2.45. The molecular weight excluding hydrogens is 411 g/mol. The summed E-state index contributed by atoms with van der Waals surface area (Å²) in [7, 11) is -0.993. The van der Waals surface area contributed by atoms with Crippen molar-refractivity contribution >= 4 is 30.3 Å². The Morgan fingerprint density at radius 1 is 0.750 bits per heavy atom. The molecule has 0 N–H and O–H groups in total. The fourth-order valence-corrected chi connectivity index (χ4v) is 5.88. The molecule has 1 aliphatic heterocycles. The van der Waals surface area contributed by atoms with Gasteiger partial charge in [-0.3, -0.25) is 4.99 Å². The first-order chi connectivity index (χ1) is 15.3. The first-order valence-corrected chi connectivity index (χ1v) is 12.5. The number of nitrogens with zero attached hydrogens (tertiary/aromatic N) is 2.